The van der Waals surface area contributed by atoms with Crippen LogP contribution in [-0.4, -0.2) is 39.1 Å². The van der Waals surface area contributed by atoms with Crippen LogP contribution in [0.5, 0.6) is 0 Å². The summed E-state index contributed by atoms with van der Waals surface area (Å²) in [6.07, 6.45) is 1.93. The van der Waals surface area contributed by atoms with Crippen LogP contribution in [0.1, 0.15) is 42.5 Å². The normalized spacial score (nSPS) is 12.1. The fourth-order valence-electron chi connectivity index (χ4n) is 2.82. The van der Waals surface area contributed by atoms with Crippen LogP contribution < -0.4 is 16.0 Å². The molecule has 0 unspecified atom stereocenters. The van der Waals surface area contributed by atoms with Crippen LogP contribution in [0.2, 0.25) is 0 Å². The number of hydrogen-bond acceptors (Lipinski definition) is 4. The topological polar surface area (TPSA) is 95.7 Å². The van der Waals surface area contributed by atoms with Crippen LogP contribution in [0.3, 0.4) is 0 Å². The van der Waals surface area contributed by atoms with Crippen LogP contribution >= 0.6 is 0 Å². The summed E-state index contributed by atoms with van der Waals surface area (Å²) in [5, 5.41) is 17.8. The molecule has 8 nitrogen and oxygen atoms in total. The van der Waals surface area contributed by atoms with Crippen LogP contribution in [-0.2, 0) is 13.1 Å². The molecule has 1 aromatic carbocycles. The summed E-state index contributed by atoms with van der Waals surface area (Å²) in [7, 11) is 1.71. The predicted molar refractivity (Wildman–Crippen MR) is 114 cm³/mol. The lowest BCUT2D eigenvalue weighted by atomic mass is 10.1. The highest BCUT2D eigenvalue weighted by molar-refractivity contribution is 5.94. The third kappa shape index (κ3) is 5.54. The fourth-order valence-corrected chi connectivity index (χ4v) is 2.82. The van der Waals surface area contributed by atoms with Crippen molar-refractivity contribution in [1.82, 2.24) is 30.5 Å². The van der Waals surface area contributed by atoms with E-state index in [1.165, 1.54) is 0 Å². The molecule has 0 aliphatic rings. The quantitative estimate of drug-likeness (QED) is 0.456. The van der Waals surface area contributed by atoms with E-state index >= 15 is 0 Å². The maximum atomic E-state index is 12.4. The maximum Gasteiger partial charge on any atom is 0.251 e. The number of amides is 1. The van der Waals surface area contributed by atoms with Gasteiger partial charge in [-0.25, -0.2) is 0 Å². The number of nitrogens with one attached hydrogen (secondary N) is 3. The molecule has 0 saturated carbocycles. The Balaban J connectivity index is 1.58. The number of carbonyl (C=O) groups is 1. The van der Waals surface area contributed by atoms with E-state index < -0.39 is 0 Å². The highest BCUT2D eigenvalue weighted by atomic mass is 16.1. The average molecular weight is 393 g/mol. The third-order valence-corrected chi connectivity index (χ3v) is 4.16. The first-order chi connectivity index (χ1) is 13.9. The molecule has 0 radical (unpaired) electrons. The van der Waals surface area contributed by atoms with Crippen LogP contribution in [0.25, 0.3) is 5.65 Å². The minimum atomic E-state index is -0.275. The van der Waals surface area contributed by atoms with E-state index in [4.69, 9.17) is 0 Å². The smallest absolute Gasteiger partial charge is 0.251 e. The van der Waals surface area contributed by atoms with Crippen molar-refractivity contribution in [3.63, 3.8) is 0 Å². The Morgan fingerprint density at radius 3 is 2.62 bits per heavy atom. The van der Waals surface area contributed by atoms with E-state index in [0.717, 1.165) is 17.0 Å². The molecular weight excluding hydrogens is 366 g/mol. The van der Waals surface area contributed by atoms with Gasteiger partial charge in [0.1, 0.15) is 0 Å². The molecular formula is C21H27N7O. The molecule has 2 aromatic heterocycles. The Kier molecular flexibility index (Phi) is 6.11. The van der Waals surface area contributed by atoms with Crippen LogP contribution in [0, 0.1) is 0 Å². The zero-order chi connectivity index (χ0) is 20.9. The maximum absolute atomic E-state index is 12.4. The number of pyridine rings is 1. The van der Waals surface area contributed by atoms with Crippen molar-refractivity contribution in [2.75, 3.05) is 7.05 Å². The van der Waals surface area contributed by atoms with Crippen molar-refractivity contribution in [3.05, 3.63) is 65.6 Å². The van der Waals surface area contributed by atoms with Crippen molar-refractivity contribution < 1.29 is 4.79 Å². The molecule has 2 heterocycles. The van der Waals surface area contributed by atoms with E-state index in [1.54, 1.807) is 7.05 Å². The van der Waals surface area contributed by atoms with Gasteiger partial charge in [-0.15, -0.1) is 10.2 Å². The molecule has 0 spiro atoms. The molecule has 1 amide bonds. The van der Waals surface area contributed by atoms with Gasteiger partial charge in [-0.2, -0.15) is 0 Å². The molecule has 152 valence electrons. The number of hydrogen-bond donors (Lipinski definition) is 3. The summed E-state index contributed by atoms with van der Waals surface area (Å²) in [6, 6.07) is 13.3. The average Bonchev–Trinajstić information content (AvgIpc) is 3.10. The lowest BCUT2D eigenvalue weighted by molar-refractivity contribution is 0.0919. The second-order valence-corrected chi connectivity index (χ2v) is 7.73. The van der Waals surface area contributed by atoms with Gasteiger partial charge in [-0.1, -0.05) is 18.2 Å². The van der Waals surface area contributed by atoms with Crippen molar-refractivity contribution in [1.29, 1.82) is 0 Å². The predicted octanol–water partition coefficient (Wildman–Crippen LogP) is 2.12. The van der Waals surface area contributed by atoms with E-state index in [2.05, 4.69) is 31.1 Å². The second-order valence-electron chi connectivity index (χ2n) is 7.73. The lowest BCUT2D eigenvalue weighted by Crippen LogP contribution is -2.40. The number of carbonyl (C=O) groups excluding carboxylic acids is 1. The zero-order valence-corrected chi connectivity index (χ0v) is 17.2. The molecule has 0 aliphatic carbocycles. The highest BCUT2D eigenvalue weighted by Crippen LogP contribution is 2.08. The SMILES string of the molecule is CN=C(NCc1cccc(C(=O)NC(C)(C)C)c1)NCc1nnc2ccccn12. The number of rotatable bonds is 5. The Morgan fingerprint density at radius 2 is 1.86 bits per heavy atom. The Labute approximate surface area is 170 Å². The van der Waals surface area contributed by atoms with Gasteiger partial charge < -0.3 is 16.0 Å². The molecule has 3 rings (SSSR count). The molecule has 0 saturated heterocycles. The number of nitrogens with zero attached hydrogens (tertiary/aromatic N) is 4. The molecule has 0 aliphatic heterocycles. The molecule has 3 aromatic rings. The van der Waals surface area contributed by atoms with Crippen molar-refractivity contribution >= 4 is 17.5 Å². The van der Waals surface area contributed by atoms with Crippen molar-refractivity contribution in [2.45, 2.75) is 39.4 Å². The molecule has 0 atom stereocenters. The molecule has 3 N–H and O–H groups in total. The molecule has 0 bridgehead atoms. The number of aliphatic imine (C=N–C) groups is 1. The zero-order valence-electron chi connectivity index (χ0n) is 17.2. The van der Waals surface area contributed by atoms with Crippen LogP contribution in [0.4, 0.5) is 0 Å². The van der Waals surface area contributed by atoms with E-state index in [1.807, 2.05) is 73.8 Å². The van der Waals surface area contributed by atoms with Gasteiger partial charge in [0.05, 0.1) is 6.54 Å². The Bertz CT molecular complexity index is 1020. The first-order valence-corrected chi connectivity index (χ1v) is 9.50. The van der Waals surface area contributed by atoms with E-state index in [0.29, 0.717) is 24.6 Å². The summed E-state index contributed by atoms with van der Waals surface area (Å²) in [6.45, 7) is 6.91. The summed E-state index contributed by atoms with van der Waals surface area (Å²) < 4.78 is 1.93. The molecule has 29 heavy (non-hydrogen) atoms. The molecule has 0 fully saturated rings. The number of aromatic nitrogens is 3. The number of benzene rings is 1. The highest BCUT2D eigenvalue weighted by Gasteiger charge is 2.15. The minimum absolute atomic E-state index is 0.0828. The van der Waals surface area contributed by atoms with Gasteiger partial charge >= 0.3 is 0 Å². The monoisotopic (exact) mass is 393 g/mol. The summed E-state index contributed by atoms with van der Waals surface area (Å²) >= 11 is 0. The van der Waals surface area contributed by atoms with Gasteiger partial charge in [0, 0.05) is 30.9 Å². The second kappa shape index (κ2) is 8.72. The first-order valence-electron chi connectivity index (χ1n) is 9.50. The number of guanidine groups is 1. The lowest BCUT2D eigenvalue weighted by Gasteiger charge is -2.20. The fraction of sp³-hybridized carbons (Fsp3) is 0.333. The summed E-state index contributed by atoms with van der Waals surface area (Å²) in [5.74, 6) is 1.35. The number of fused-ring (bicyclic) bond motifs is 1. The Hall–Kier alpha value is -3.42. The third-order valence-electron chi connectivity index (χ3n) is 4.16. The van der Waals surface area contributed by atoms with Gasteiger partial charge in [-0.3, -0.25) is 14.2 Å². The van der Waals surface area contributed by atoms with Crippen molar-refractivity contribution in [3.8, 4) is 0 Å². The first kappa shape index (κ1) is 20.3. The Morgan fingerprint density at radius 1 is 1.07 bits per heavy atom. The summed E-state index contributed by atoms with van der Waals surface area (Å²) in [4.78, 5) is 16.6. The standard InChI is InChI=1S/C21H27N7O/c1-21(2,3)25-19(29)16-9-7-8-15(12-16)13-23-20(22-4)24-14-18-27-26-17-10-5-6-11-28(17)18/h5-12H,13-14H2,1-4H3,(H,25,29)(H2,22,23,24). The molecule has 8 heteroatoms. The van der Waals surface area contributed by atoms with Crippen LogP contribution in [0.15, 0.2) is 53.7 Å². The van der Waals surface area contributed by atoms with E-state index in [-0.39, 0.29) is 11.4 Å². The van der Waals surface area contributed by atoms with Gasteiger partial charge in [0.25, 0.3) is 5.91 Å². The van der Waals surface area contributed by atoms with Crippen molar-refractivity contribution in [2.24, 2.45) is 4.99 Å². The minimum Gasteiger partial charge on any atom is -0.352 e. The largest absolute Gasteiger partial charge is 0.352 e. The van der Waals surface area contributed by atoms with Gasteiger partial charge in [0.15, 0.2) is 17.4 Å². The van der Waals surface area contributed by atoms with E-state index in [9.17, 15) is 4.79 Å². The van der Waals surface area contributed by atoms with Gasteiger partial charge in [-0.05, 0) is 50.6 Å². The van der Waals surface area contributed by atoms with Gasteiger partial charge in [0.2, 0.25) is 0 Å². The summed E-state index contributed by atoms with van der Waals surface area (Å²) in [5.41, 5.74) is 2.15.